The SMILES string of the molecule is N#Cc1ccc(C(N)NC(=O)N2CCc3cnc(NC4CCOCC4)nc3C2)cc1Cl. The third-order valence-electron chi connectivity index (χ3n) is 5.54. The summed E-state index contributed by atoms with van der Waals surface area (Å²) in [5.41, 5.74) is 9.01. The molecular formula is C21H24ClN7O2. The predicted octanol–water partition coefficient (Wildman–Crippen LogP) is 2.32. The molecule has 0 aliphatic carbocycles. The smallest absolute Gasteiger partial charge is 0.319 e. The largest absolute Gasteiger partial charge is 0.381 e. The molecule has 1 saturated heterocycles. The van der Waals surface area contributed by atoms with Crippen LogP contribution in [-0.4, -0.2) is 46.7 Å². The van der Waals surface area contributed by atoms with E-state index < -0.39 is 6.17 Å². The molecule has 1 aromatic carbocycles. The van der Waals surface area contributed by atoms with Crippen LogP contribution in [0, 0.1) is 11.3 Å². The van der Waals surface area contributed by atoms with Crippen LogP contribution in [0.15, 0.2) is 24.4 Å². The lowest BCUT2D eigenvalue weighted by atomic mass is 10.1. The third-order valence-corrected chi connectivity index (χ3v) is 5.85. The zero-order chi connectivity index (χ0) is 21.8. The topological polar surface area (TPSA) is 129 Å². The number of nitriles is 1. The van der Waals surface area contributed by atoms with Gasteiger partial charge in [-0.1, -0.05) is 17.7 Å². The second-order valence-corrected chi connectivity index (χ2v) is 8.05. The Bertz CT molecular complexity index is 1000. The van der Waals surface area contributed by atoms with E-state index in [1.165, 1.54) is 0 Å². The fourth-order valence-corrected chi connectivity index (χ4v) is 3.92. The predicted molar refractivity (Wildman–Crippen MR) is 115 cm³/mol. The van der Waals surface area contributed by atoms with Crippen LogP contribution >= 0.6 is 11.6 Å². The van der Waals surface area contributed by atoms with Crippen molar-refractivity contribution in [3.8, 4) is 6.07 Å². The molecule has 1 fully saturated rings. The van der Waals surface area contributed by atoms with Crippen molar-refractivity contribution in [1.29, 1.82) is 5.26 Å². The molecule has 1 aromatic heterocycles. The van der Waals surface area contributed by atoms with Crippen molar-refractivity contribution in [3.63, 3.8) is 0 Å². The van der Waals surface area contributed by atoms with E-state index in [0.717, 1.165) is 37.3 Å². The van der Waals surface area contributed by atoms with Crippen molar-refractivity contribution in [2.45, 2.75) is 38.0 Å². The molecule has 31 heavy (non-hydrogen) atoms. The number of halogens is 1. The van der Waals surface area contributed by atoms with Crippen LogP contribution in [0.4, 0.5) is 10.7 Å². The Labute approximate surface area is 185 Å². The maximum absolute atomic E-state index is 12.8. The lowest BCUT2D eigenvalue weighted by Crippen LogP contribution is -2.46. The highest BCUT2D eigenvalue weighted by Crippen LogP contribution is 2.22. The molecule has 3 heterocycles. The molecule has 4 rings (SSSR count). The van der Waals surface area contributed by atoms with Gasteiger partial charge in [-0.05, 0) is 42.5 Å². The molecule has 2 aliphatic rings. The molecular weight excluding hydrogens is 418 g/mol. The summed E-state index contributed by atoms with van der Waals surface area (Å²) < 4.78 is 5.39. The monoisotopic (exact) mass is 441 g/mol. The average molecular weight is 442 g/mol. The number of amides is 2. The van der Waals surface area contributed by atoms with Crippen molar-refractivity contribution in [3.05, 3.63) is 51.8 Å². The van der Waals surface area contributed by atoms with Gasteiger partial charge in [0.2, 0.25) is 5.95 Å². The number of carbonyl (C=O) groups is 1. The third kappa shape index (κ3) is 5.05. The molecule has 0 bridgehead atoms. The van der Waals surface area contributed by atoms with Gasteiger partial charge in [0.05, 0.1) is 22.8 Å². The lowest BCUT2D eigenvalue weighted by Gasteiger charge is -2.30. The van der Waals surface area contributed by atoms with E-state index in [1.807, 2.05) is 12.3 Å². The number of ether oxygens (including phenoxy) is 1. The first-order valence-corrected chi connectivity index (χ1v) is 10.6. The van der Waals surface area contributed by atoms with Crippen molar-refractivity contribution in [1.82, 2.24) is 20.2 Å². The van der Waals surface area contributed by atoms with E-state index in [9.17, 15) is 4.79 Å². The van der Waals surface area contributed by atoms with Crippen molar-refractivity contribution in [2.24, 2.45) is 5.73 Å². The number of anilines is 1. The standard InChI is InChI=1S/C21H24ClN7O2/c22-17-9-13(1-2-14(17)10-23)19(24)28-21(30)29-6-3-15-11-25-20(27-18(15)12-29)26-16-4-7-31-8-5-16/h1-2,9,11,16,19H,3-8,12,24H2,(H,28,30)(H,25,26,27). The van der Waals surface area contributed by atoms with Gasteiger partial charge >= 0.3 is 6.03 Å². The van der Waals surface area contributed by atoms with Crippen LogP contribution in [0.1, 0.15) is 41.4 Å². The molecule has 4 N–H and O–H groups in total. The molecule has 9 nitrogen and oxygen atoms in total. The Hall–Kier alpha value is -2.93. The number of nitrogens with two attached hydrogens (primary N) is 1. The number of benzene rings is 1. The summed E-state index contributed by atoms with van der Waals surface area (Å²) in [5.74, 6) is 0.580. The van der Waals surface area contributed by atoms with Crippen LogP contribution < -0.4 is 16.4 Å². The first-order valence-electron chi connectivity index (χ1n) is 10.2. The van der Waals surface area contributed by atoms with Gasteiger partial charge in [0, 0.05) is 32.0 Å². The van der Waals surface area contributed by atoms with E-state index >= 15 is 0 Å². The maximum Gasteiger partial charge on any atom is 0.319 e. The molecule has 0 saturated carbocycles. The Morgan fingerprint density at radius 2 is 2.19 bits per heavy atom. The summed E-state index contributed by atoms with van der Waals surface area (Å²) in [4.78, 5) is 23.5. The van der Waals surface area contributed by atoms with Gasteiger partial charge in [0.1, 0.15) is 12.2 Å². The van der Waals surface area contributed by atoms with Crippen LogP contribution in [0.25, 0.3) is 0 Å². The number of hydrogen-bond acceptors (Lipinski definition) is 7. The molecule has 2 aromatic rings. The number of fused-ring (bicyclic) bond motifs is 1. The van der Waals surface area contributed by atoms with Crippen LogP contribution in [-0.2, 0) is 17.7 Å². The number of urea groups is 1. The molecule has 1 atom stereocenters. The number of rotatable bonds is 4. The van der Waals surface area contributed by atoms with Gasteiger partial charge < -0.3 is 26.0 Å². The summed E-state index contributed by atoms with van der Waals surface area (Å²) in [6.07, 6.45) is 3.62. The molecule has 10 heteroatoms. The van der Waals surface area contributed by atoms with E-state index in [1.54, 1.807) is 23.1 Å². The molecule has 2 aliphatic heterocycles. The van der Waals surface area contributed by atoms with Crippen molar-refractivity contribution in [2.75, 3.05) is 25.1 Å². The highest BCUT2D eigenvalue weighted by molar-refractivity contribution is 6.31. The van der Waals surface area contributed by atoms with Gasteiger partial charge in [-0.3, -0.25) is 0 Å². The Morgan fingerprint density at radius 1 is 1.39 bits per heavy atom. The minimum atomic E-state index is -0.740. The number of nitrogens with one attached hydrogen (secondary N) is 2. The van der Waals surface area contributed by atoms with Gasteiger partial charge in [0.25, 0.3) is 0 Å². The number of aromatic nitrogens is 2. The van der Waals surface area contributed by atoms with Gasteiger partial charge in [0.15, 0.2) is 0 Å². The van der Waals surface area contributed by atoms with E-state index in [0.29, 0.717) is 47.7 Å². The Kier molecular flexibility index (Phi) is 6.51. The summed E-state index contributed by atoms with van der Waals surface area (Å²) in [6.45, 7) is 2.41. The fourth-order valence-electron chi connectivity index (χ4n) is 3.69. The average Bonchev–Trinajstić information content (AvgIpc) is 2.79. The van der Waals surface area contributed by atoms with Crippen LogP contribution in [0.5, 0.6) is 0 Å². The molecule has 162 valence electrons. The quantitative estimate of drug-likeness (QED) is 0.621. The number of hydrogen-bond donors (Lipinski definition) is 3. The summed E-state index contributed by atoms with van der Waals surface area (Å²) in [5, 5.41) is 15.5. The minimum absolute atomic E-state index is 0.281. The first-order chi connectivity index (χ1) is 15.0. The molecule has 2 amide bonds. The van der Waals surface area contributed by atoms with Crippen LogP contribution in [0.2, 0.25) is 5.02 Å². The first kappa shape index (κ1) is 21.3. The van der Waals surface area contributed by atoms with Gasteiger partial charge in [-0.2, -0.15) is 5.26 Å². The fraction of sp³-hybridized carbons (Fsp3) is 0.429. The second kappa shape index (κ2) is 9.47. The zero-order valence-corrected chi connectivity index (χ0v) is 17.7. The summed E-state index contributed by atoms with van der Waals surface area (Å²) in [6, 6.07) is 6.88. The maximum atomic E-state index is 12.8. The molecule has 0 radical (unpaired) electrons. The highest BCUT2D eigenvalue weighted by Gasteiger charge is 2.24. The molecule has 0 spiro atoms. The van der Waals surface area contributed by atoms with Crippen molar-refractivity contribution < 1.29 is 9.53 Å². The summed E-state index contributed by atoms with van der Waals surface area (Å²) in [7, 11) is 0. The van der Waals surface area contributed by atoms with Crippen LogP contribution in [0.3, 0.4) is 0 Å². The number of carbonyl (C=O) groups excluding carboxylic acids is 1. The van der Waals surface area contributed by atoms with Gasteiger partial charge in [-0.15, -0.1) is 0 Å². The van der Waals surface area contributed by atoms with Gasteiger partial charge in [-0.25, -0.2) is 14.8 Å². The Balaban J connectivity index is 1.39. The zero-order valence-electron chi connectivity index (χ0n) is 17.0. The Morgan fingerprint density at radius 3 is 2.94 bits per heavy atom. The van der Waals surface area contributed by atoms with E-state index in [2.05, 4.69) is 20.6 Å². The van der Waals surface area contributed by atoms with E-state index in [-0.39, 0.29) is 6.03 Å². The molecule has 1 unspecified atom stereocenters. The highest BCUT2D eigenvalue weighted by atomic mass is 35.5. The minimum Gasteiger partial charge on any atom is -0.381 e. The normalized spacial score (nSPS) is 17.4. The van der Waals surface area contributed by atoms with Crippen molar-refractivity contribution >= 4 is 23.6 Å². The number of nitrogens with zero attached hydrogens (tertiary/aromatic N) is 4. The summed E-state index contributed by atoms with van der Waals surface area (Å²) >= 11 is 6.07. The van der Waals surface area contributed by atoms with E-state index in [4.69, 9.17) is 27.3 Å². The lowest BCUT2D eigenvalue weighted by molar-refractivity contribution is 0.0903. The second-order valence-electron chi connectivity index (χ2n) is 7.65.